The van der Waals surface area contributed by atoms with Crippen LogP contribution in [0.2, 0.25) is 0 Å². The minimum Gasteiger partial charge on any atom is -0.396 e. The number of aliphatic hydroxyl groups is 1. The molecule has 0 bridgehead atoms. The van der Waals surface area contributed by atoms with Gasteiger partial charge in [-0.15, -0.1) is 0 Å². The van der Waals surface area contributed by atoms with Crippen LogP contribution in [0.1, 0.15) is 40.5 Å². The minimum atomic E-state index is -0.120. The van der Waals surface area contributed by atoms with E-state index in [1.54, 1.807) is 0 Å². The summed E-state index contributed by atoms with van der Waals surface area (Å²) in [6.07, 6.45) is 1.66. The summed E-state index contributed by atoms with van der Waals surface area (Å²) >= 11 is 0. The molecule has 4 nitrogen and oxygen atoms in total. The van der Waals surface area contributed by atoms with Crippen molar-refractivity contribution >= 4 is 5.91 Å². The van der Waals surface area contributed by atoms with Gasteiger partial charge in [0, 0.05) is 19.2 Å². The zero-order chi connectivity index (χ0) is 12.6. The maximum absolute atomic E-state index is 11.9. The average molecular weight is 230 g/mol. The maximum atomic E-state index is 11.9. The van der Waals surface area contributed by atoms with E-state index in [4.69, 9.17) is 5.11 Å². The quantitative estimate of drug-likeness (QED) is 0.654. The summed E-state index contributed by atoms with van der Waals surface area (Å²) in [6, 6.07) is 0.108. The van der Waals surface area contributed by atoms with Gasteiger partial charge in [-0.05, 0) is 33.2 Å². The Morgan fingerprint density at radius 2 is 2.00 bits per heavy atom. The van der Waals surface area contributed by atoms with Gasteiger partial charge in [-0.25, -0.2) is 0 Å². The molecule has 0 aliphatic rings. The summed E-state index contributed by atoms with van der Waals surface area (Å²) in [6.45, 7) is 9.78. The Morgan fingerprint density at radius 1 is 1.38 bits per heavy atom. The first-order valence-electron chi connectivity index (χ1n) is 6.22. The first-order valence-corrected chi connectivity index (χ1v) is 6.22. The number of hydrogen-bond acceptors (Lipinski definition) is 3. The smallest absolute Gasteiger partial charge is 0.237 e. The Morgan fingerprint density at radius 3 is 2.44 bits per heavy atom. The van der Waals surface area contributed by atoms with E-state index >= 15 is 0 Å². The molecule has 96 valence electrons. The van der Waals surface area contributed by atoms with Crippen LogP contribution in [0.25, 0.3) is 0 Å². The van der Waals surface area contributed by atoms with Gasteiger partial charge >= 0.3 is 0 Å². The van der Waals surface area contributed by atoms with Crippen LogP contribution in [-0.4, -0.2) is 47.7 Å². The zero-order valence-corrected chi connectivity index (χ0v) is 11.0. The molecule has 0 spiro atoms. The number of aliphatic hydroxyl groups excluding tert-OH is 1. The number of carbonyl (C=O) groups is 1. The van der Waals surface area contributed by atoms with Crippen LogP contribution in [0.5, 0.6) is 0 Å². The second-order valence-corrected chi connectivity index (χ2v) is 4.20. The summed E-state index contributed by atoms with van der Waals surface area (Å²) in [5.74, 6) is 0.0779. The van der Waals surface area contributed by atoms with Gasteiger partial charge in [0.2, 0.25) is 5.91 Å². The molecule has 0 aliphatic heterocycles. The van der Waals surface area contributed by atoms with Crippen LogP contribution >= 0.6 is 0 Å². The predicted molar refractivity (Wildman–Crippen MR) is 66.3 cm³/mol. The van der Waals surface area contributed by atoms with Crippen molar-refractivity contribution in [1.29, 1.82) is 0 Å². The molecule has 16 heavy (non-hydrogen) atoms. The van der Waals surface area contributed by atoms with Crippen molar-refractivity contribution in [3.05, 3.63) is 0 Å². The maximum Gasteiger partial charge on any atom is 0.237 e. The highest BCUT2D eigenvalue weighted by Gasteiger charge is 2.20. The van der Waals surface area contributed by atoms with Crippen molar-refractivity contribution in [2.75, 3.05) is 19.7 Å². The van der Waals surface area contributed by atoms with E-state index in [1.807, 2.05) is 20.8 Å². The molecule has 0 aliphatic carbocycles. The number of nitrogens with one attached hydrogen (secondary N) is 1. The normalized spacial score (nSPS) is 14.9. The third-order valence-corrected chi connectivity index (χ3v) is 2.94. The summed E-state index contributed by atoms with van der Waals surface area (Å²) in [4.78, 5) is 13.9. The van der Waals surface area contributed by atoms with E-state index in [0.29, 0.717) is 0 Å². The fourth-order valence-corrected chi connectivity index (χ4v) is 1.53. The van der Waals surface area contributed by atoms with E-state index < -0.39 is 0 Å². The highest BCUT2D eigenvalue weighted by atomic mass is 16.3. The van der Waals surface area contributed by atoms with Gasteiger partial charge in [-0.3, -0.25) is 9.69 Å². The minimum absolute atomic E-state index is 0.0779. The number of hydrogen-bond donors (Lipinski definition) is 2. The molecule has 4 heteroatoms. The van der Waals surface area contributed by atoms with Gasteiger partial charge in [-0.2, -0.15) is 0 Å². The standard InChI is InChI=1S/C12H26N2O2/c1-5-10(3)13-12(16)11(4)14(6-2)8-7-9-15/h10-11,15H,5-9H2,1-4H3,(H,13,16). The van der Waals surface area contributed by atoms with Gasteiger partial charge in [0.15, 0.2) is 0 Å². The van der Waals surface area contributed by atoms with E-state index in [0.717, 1.165) is 25.9 Å². The molecule has 0 aromatic carbocycles. The van der Waals surface area contributed by atoms with Crippen molar-refractivity contribution < 1.29 is 9.90 Å². The highest BCUT2D eigenvalue weighted by Crippen LogP contribution is 2.01. The fourth-order valence-electron chi connectivity index (χ4n) is 1.53. The molecule has 0 radical (unpaired) electrons. The van der Waals surface area contributed by atoms with E-state index in [-0.39, 0.29) is 24.6 Å². The fraction of sp³-hybridized carbons (Fsp3) is 0.917. The second kappa shape index (κ2) is 8.53. The van der Waals surface area contributed by atoms with Crippen LogP contribution < -0.4 is 5.32 Å². The zero-order valence-electron chi connectivity index (χ0n) is 11.0. The van der Waals surface area contributed by atoms with E-state index in [2.05, 4.69) is 17.1 Å². The van der Waals surface area contributed by atoms with Crippen LogP contribution in [0.15, 0.2) is 0 Å². The lowest BCUT2D eigenvalue weighted by Crippen LogP contribution is -2.47. The summed E-state index contributed by atoms with van der Waals surface area (Å²) in [7, 11) is 0. The SMILES string of the molecule is CCC(C)NC(=O)C(C)N(CC)CCCO. The van der Waals surface area contributed by atoms with Crippen LogP contribution in [0.3, 0.4) is 0 Å². The van der Waals surface area contributed by atoms with Crippen molar-refractivity contribution in [3.63, 3.8) is 0 Å². The van der Waals surface area contributed by atoms with Crippen molar-refractivity contribution in [1.82, 2.24) is 10.2 Å². The lowest BCUT2D eigenvalue weighted by atomic mass is 10.2. The summed E-state index contributed by atoms with van der Waals surface area (Å²) < 4.78 is 0. The summed E-state index contributed by atoms with van der Waals surface area (Å²) in [5.41, 5.74) is 0. The number of likely N-dealkylation sites (N-methyl/N-ethyl adjacent to an activating group) is 1. The Hall–Kier alpha value is -0.610. The Labute approximate surface area is 99.0 Å². The molecule has 2 N–H and O–H groups in total. The van der Waals surface area contributed by atoms with Crippen molar-refractivity contribution in [2.24, 2.45) is 0 Å². The topological polar surface area (TPSA) is 52.6 Å². The Bertz CT molecular complexity index is 197. The molecule has 2 atom stereocenters. The lowest BCUT2D eigenvalue weighted by Gasteiger charge is -2.27. The van der Waals surface area contributed by atoms with Crippen LogP contribution in [-0.2, 0) is 4.79 Å². The molecule has 0 aromatic rings. The molecule has 0 heterocycles. The number of carbonyl (C=O) groups excluding carboxylic acids is 1. The molecular formula is C12H26N2O2. The van der Waals surface area contributed by atoms with Crippen molar-refractivity contribution in [2.45, 2.75) is 52.6 Å². The monoisotopic (exact) mass is 230 g/mol. The van der Waals surface area contributed by atoms with Crippen molar-refractivity contribution in [3.8, 4) is 0 Å². The second-order valence-electron chi connectivity index (χ2n) is 4.20. The third kappa shape index (κ3) is 5.47. The molecule has 0 saturated carbocycles. The molecule has 0 rings (SSSR count). The van der Waals surface area contributed by atoms with Gasteiger partial charge in [0.05, 0.1) is 6.04 Å². The number of nitrogens with zero attached hydrogens (tertiary/aromatic N) is 1. The van der Waals surface area contributed by atoms with Crippen LogP contribution in [0, 0.1) is 0 Å². The Kier molecular flexibility index (Phi) is 8.21. The van der Waals surface area contributed by atoms with E-state index in [1.165, 1.54) is 0 Å². The van der Waals surface area contributed by atoms with Gasteiger partial charge in [0.1, 0.15) is 0 Å². The lowest BCUT2D eigenvalue weighted by molar-refractivity contribution is -0.126. The molecule has 0 fully saturated rings. The third-order valence-electron chi connectivity index (χ3n) is 2.94. The molecular weight excluding hydrogens is 204 g/mol. The van der Waals surface area contributed by atoms with Gasteiger partial charge in [0.25, 0.3) is 0 Å². The van der Waals surface area contributed by atoms with Gasteiger partial charge in [-0.1, -0.05) is 13.8 Å². The largest absolute Gasteiger partial charge is 0.396 e. The molecule has 1 amide bonds. The molecule has 0 saturated heterocycles. The van der Waals surface area contributed by atoms with Crippen LogP contribution in [0.4, 0.5) is 0 Å². The Balaban J connectivity index is 4.15. The first-order chi connectivity index (χ1) is 7.56. The highest BCUT2D eigenvalue weighted by molar-refractivity contribution is 5.81. The predicted octanol–water partition coefficient (Wildman–Crippen LogP) is 0.994. The molecule has 2 unspecified atom stereocenters. The van der Waals surface area contributed by atoms with Gasteiger partial charge < -0.3 is 10.4 Å². The summed E-state index contributed by atoms with van der Waals surface area (Å²) in [5, 5.41) is 11.8. The number of rotatable bonds is 8. The number of amides is 1. The first kappa shape index (κ1) is 15.4. The average Bonchev–Trinajstić information content (AvgIpc) is 2.29. The van der Waals surface area contributed by atoms with E-state index in [9.17, 15) is 4.79 Å². The molecule has 0 aromatic heterocycles.